The van der Waals surface area contributed by atoms with Crippen LogP contribution < -0.4 is 0 Å². The number of rotatable bonds is 7. The van der Waals surface area contributed by atoms with Crippen molar-refractivity contribution in [1.82, 2.24) is 0 Å². The first-order valence-corrected chi connectivity index (χ1v) is 6.73. The van der Waals surface area contributed by atoms with Crippen LogP contribution in [0.25, 0.3) is 0 Å². The molecule has 1 aliphatic rings. The van der Waals surface area contributed by atoms with Crippen molar-refractivity contribution in [2.24, 2.45) is 11.8 Å². The summed E-state index contributed by atoms with van der Waals surface area (Å²) in [6.07, 6.45) is 19.0. The predicted molar refractivity (Wildman–Crippen MR) is 68.9 cm³/mol. The Morgan fingerprint density at radius 1 is 0.800 bits per heavy atom. The van der Waals surface area contributed by atoms with Crippen LogP contribution in [0, 0.1) is 11.8 Å². The highest BCUT2D eigenvalue weighted by Gasteiger charge is 2.15. The van der Waals surface area contributed by atoms with E-state index in [0.717, 1.165) is 11.8 Å². The van der Waals surface area contributed by atoms with Gasteiger partial charge >= 0.3 is 0 Å². The van der Waals surface area contributed by atoms with Crippen molar-refractivity contribution >= 4 is 0 Å². The molecule has 0 saturated carbocycles. The van der Waals surface area contributed by atoms with E-state index in [9.17, 15) is 0 Å². The fraction of sp³-hybridized carbons (Fsp3) is 0.733. The van der Waals surface area contributed by atoms with E-state index in [1.54, 1.807) is 0 Å². The summed E-state index contributed by atoms with van der Waals surface area (Å²) >= 11 is 0. The molecular formula is C15H26. The van der Waals surface area contributed by atoms with Crippen molar-refractivity contribution in [2.75, 3.05) is 0 Å². The van der Waals surface area contributed by atoms with Crippen molar-refractivity contribution in [1.29, 1.82) is 0 Å². The summed E-state index contributed by atoms with van der Waals surface area (Å²) in [6, 6.07) is 0. The SMILES string of the molecule is CCCCCCCC1C=CC=CC1CC. The molecular weight excluding hydrogens is 180 g/mol. The van der Waals surface area contributed by atoms with E-state index in [4.69, 9.17) is 0 Å². The van der Waals surface area contributed by atoms with Gasteiger partial charge in [-0.1, -0.05) is 70.3 Å². The quantitative estimate of drug-likeness (QED) is 0.507. The second kappa shape index (κ2) is 7.73. The lowest BCUT2D eigenvalue weighted by atomic mass is 9.83. The van der Waals surface area contributed by atoms with Gasteiger partial charge in [0.15, 0.2) is 0 Å². The summed E-state index contributed by atoms with van der Waals surface area (Å²) in [5, 5.41) is 0. The average Bonchev–Trinajstić information content (AvgIpc) is 2.29. The highest BCUT2D eigenvalue weighted by molar-refractivity contribution is 5.13. The number of allylic oxidation sites excluding steroid dienone is 4. The summed E-state index contributed by atoms with van der Waals surface area (Å²) < 4.78 is 0. The van der Waals surface area contributed by atoms with Gasteiger partial charge in [0.25, 0.3) is 0 Å². The first-order chi connectivity index (χ1) is 7.38. The molecule has 0 aromatic heterocycles. The third-order valence-corrected chi connectivity index (χ3v) is 3.49. The first-order valence-electron chi connectivity index (χ1n) is 6.73. The number of hydrogen-bond acceptors (Lipinski definition) is 0. The van der Waals surface area contributed by atoms with Crippen LogP contribution in [0.1, 0.15) is 58.8 Å². The molecule has 0 spiro atoms. The molecule has 0 aliphatic heterocycles. The maximum atomic E-state index is 2.41. The second-order valence-corrected chi connectivity index (χ2v) is 4.71. The van der Waals surface area contributed by atoms with E-state index < -0.39 is 0 Å². The molecule has 0 amide bonds. The Labute approximate surface area is 95.5 Å². The van der Waals surface area contributed by atoms with Crippen LogP contribution in [0.5, 0.6) is 0 Å². The van der Waals surface area contributed by atoms with Gasteiger partial charge in [0.05, 0.1) is 0 Å². The normalized spacial score (nSPS) is 24.7. The molecule has 86 valence electrons. The molecule has 0 saturated heterocycles. The minimum Gasteiger partial charge on any atom is -0.0809 e. The van der Waals surface area contributed by atoms with Crippen molar-refractivity contribution in [2.45, 2.75) is 58.8 Å². The van der Waals surface area contributed by atoms with E-state index in [0.29, 0.717) is 0 Å². The zero-order valence-corrected chi connectivity index (χ0v) is 10.4. The molecule has 2 unspecified atom stereocenters. The number of hydrogen-bond donors (Lipinski definition) is 0. The Morgan fingerprint density at radius 2 is 1.47 bits per heavy atom. The van der Waals surface area contributed by atoms with Crippen LogP contribution in [-0.2, 0) is 0 Å². The maximum Gasteiger partial charge on any atom is -0.0167 e. The van der Waals surface area contributed by atoms with Crippen LogP contribution in [0.15, 0.2) is 24.3 Å². The van der Waals surface area contributed by atoms with Gasteiger partial charge in [-0.3, -0.25) is 0 Å². The minimum absolute atomic E-state index is 0.807. The van der Waals surface area contributed by atoms with Crippen molar-refractivity contribution in [3.8, 4) is 0 Å². The summed E-state index contributed by atoms with van der Waals surface area (Å²) in [7, 11) is 0. The Morgan fingerprint density at radius 3 is 2.13 bits per heavy atom. The summed E-state index contributed by atoms with van der Waals surface area (Å²) in [6.45, 7) is 4.58. The fourth-order valence-corrected chi connectivity index (χ4v) is 2.43. The number of unbranched alkanes of at least 4 members (excludes halogenated alkanes) is 4. The molecule has 1 aliphatic carbocycles. The van der Waals surface area contributed by atoms with E-state index in [2.05, 4.69) is 38.2 Å². The molecule has 1 rings (SSSR count). The monoisotopic (exact) mass is 206 g/mol. The molecule has 0 aromatic rings. The van der Waals surface area contributed by atoms with Crippen molar-refractivity contribution < 1.29 is 0 Å². The third-order valence-electron chi connectivity index (χ3n) is 3.49. The van der Waals surface area contributed by atoms with Gasteiger partial charge in [0, 0.05) is 0 Å². The molecule has 0 heteroatoms. The Bertz CT molecular complexity index is 200. The molecule has 0 radical (unpaired) electrons. The van der Waals surface area contributed by atoms with Crippen LogP contribution in [-0.4, -0.2) is 0 Å². The zero-order chi connectivity index (χ0) is 10.9. The maximum absolute atomic E-state index is 2.41. The largest absolute Gasteiger partial charge is 0.0809 e. The fourth-order valence-electron chi connectivity index (χ4n) is 2.43. The van der Waals surface area contributed by atoms with Crippen LogP contribution in [0.4, 0.5) is 0 Å². The van der Waals surface area contributed by atoms with Crippen molar-refractivity contribution in [3.05, 3.63) is 24.3 Å². The molecule has 0 fully saturated rings. The lowest BCUT2D eigenvalue weighted by molar-refractivity contribution is 0.409. The Balaban J connectivity index is 2.14. The molecule has 2 atom stereocenters. The smallest absolute Gasteiger partial charge is 0.0167 e. The van der Waals surface area contributed by atoms with E-state index in [-0.39, 0.29) is 0 Å². The predicted octanol–water partition coefficient (Wildman–Crippen LogP) is 5.12. The van der Waals surface area contributed by atoms with Gasteiger partial charge in [-0.2, -0.15) is 0 Å². The van der Waals surface area contributed by atoms with Crippen LogP contribution >= 0.6 is 0 Å². The Hall–Kier alpha value is -0.520. The molecule has 0 heterocycles. The van der Waals surface area contributed by atoms with E-state index in [1.807, 2.05) is 0 Å². The molecule has 0 N–H and O–H groups in total. The minimum atomic E-state index is 0.807. The summed E-state index contributed by atoms with van der Waals surface area (Å²) in [5.74, 6) is 1.63. The zero-order valence-electron chi connectivity index (χ0n) is 10.4. The highest BCUT2D eigenvalue weighted by Crippen LogP contribution is 2.27. The molecule has 0 bridgehead atoms. The third kappa shape index (κ3) is 4.68. The van der Waals surface area contributed by atoms with E-state index in [1.165, 1.54) is 44.9 Å². The van der Waals surface area contributed by atoms with Gasteiger partial charge in [-0.05, 0) is 24.7 Å². The van der Waals surface area contributed by atoms with E-state index >= 15 is 0 Å². The summed E-state index contributed by atoms with van der Waals surface area (Å²) in [5.41, 5.74) is 0. The average molecular weight is 206 g/mol. The van der Waals surface area contributed by atoms with Gasteiger partial charge in [-0.25, -0.2) is 0 Å². The highest BCUT2D eigenvalue weighted by atomic mass is 14.2. The lowest BCUT2D eigenvalue weighted by Crippen LogP contribution is -2.11. The van der Waals surface area contributed by atoms with Gasteiger partial charge in [0.1, 0.15) is 0 Å². The Kier molecular flexibility index (Phi) is 6.47. The first kappa shape index (κ1) is 12.5. The standard InChI is InChI=1S/C15H26/c1-3-5-6-7-8-12-15-13-10-9-11-14(15)4-2/h9-11,13-15H,3-8,12H2,1-2H3. The summed E-state index contributed by atoms with van der Waals surface area (Å²) in [4.78, 5) is 0. The van der Waals surface area contributed by atoms with Gasteiger partial charge in [-0.15, -0.1) is 0 Å². The topological polar surface area (TPSA) is 0 Å². The molecule has 0 nitrogen and oxygen atoms in total. The van der Waals surface area contributed by atoms with Crippen LogP contribution in [0.2, 0.25) is 0 Å². The molecule has 15 heavy (non-hydrogen) atoms. The second-order valence-electron chi connectivity index (χ2n) is 4.71. The molecule has 0 aromatic carbocycles. The van der Waals surface area contributed by atoms with Crippen LogP contribution in [0.3, 0.4) is 0 Å². The van der Waals surface area contributed by atoms with Gasteiger partial charge < -0.3 is 0 Å². The lowest BCUT2D eigenvalue weighted by Gasteiger charge is -2.22. The van der Waals surface area contributed by atoms with Crippen molar-refractivity contribution in [3.63, 3.8) is 0 Å². The van der Waals surface area contributed by atoms with Gasteiger partial charge in [0.2, 0.25) is 0 Å².